The van der Waals surface area contributed by atoms with Gasteiger partial charge in [0.15, 0.2) is 0 Å². The molecule has 0 bridgehead atoms. The quantitative estimate of drug-likeness (QED) is 0.892. The van der Waals surface area contributed by atoms with Gasteiger partial charge in [0.1, 0.15) is 5.72 Å². The first-order valence-corrected chi connectivity index (χ1v) is 6.21. The standard InChI is InChI=1S/C14H18F3NO/c1-12(2)9-18-13(3,19-12)8-10-4-6-11(7-5-10)14(15,16)17/h4-7,18H,8-9H2,1-3H3. The van der Waals surface area contributed by atoms with Crippen molar-refractivity contribution in [3.8, 4) is 0 Å². The molecule has 0 aliphatic carbocycles. The van der Waals surface area contributed by atoms with Crippen molar-refractivity contribution < 1.29 is 17.9 Å². The molecule has 2 nitrogen and oxygen atoms in total. The van der Waals surface area contributed by atoms with Gasteiger partial charge < -0.3 is 4.74 Å². The van der Waals surface area contributed by atoms with E-state index in [-0.39, 0.29) is 5.60 Å². The van der Waals surface area contributed by atoms with Crippen LogP contribution in [0, 0.1) is 0 Å². The van der Waals surface area contributed by atoms with Crippen LogP contribution in [0.1, 0.15) is 31.9 Å². The number of nitrogens with one attached hydrogen (secondary N) is 1. The van der Waals surface area contributed by atoms with Gasteiger partial charge in [0.2, 0.25) is 0 Å². The van der Waals surface area contributed by atoms with Crippen LogP contribution in [-0.4, -0.2) is 17.9 Å². The van der Waals surface area contributed by atoms with Gasteiger partial charge in [-0.3, -0.25) is 5.32 Å². The minimum absolute atomic E-state index is 0.249. The van der Waals surface area contributed by atoms with Gasteiger partial charge in [-0.25, -0.2) is 0 Å². The zero-order valence-corrected chi connectivity index (χ0v) is 11.3. The van der Waals surface area contributed by atoms with E-state index in [1.165, 1.54) is 12.1 Å². The second-order valence-electron chi connectivity index (χ2n) is 5.82. The summed E-state index contributed by atoms with van der Waals surface area (Å²) in [7, 11) is 0. The van der Waals surface area contributed by atoms with Gasteiger partial charge in [-0.15, -0.1) is 0 Å². The number of ether oxygens (including phenoxy) is 1. The molecule has 1 N–H and O–H groups in total. The number of halogens is 3. The van der Waals surface area contributed by atoms with Crippen molar-refractivity contribution in [1.29, 1.82) is 0 Å². The number of rotatable bonds is 2. The lowest BCUT2D eigenvalue weighted by atomic mass is 10.0. The SMILES string of the molecule is CC1(C)CNC(C)(Cc2ccc(C(F)(F)F)cc2)O1. The number of alkyl halides is 3. The maximum Gasteiger partial charge on any atom is 0.416 e. The molecule has 1 heterocycles. The van der Waals surface area contributed by atoms with Gasteiger partial charge in [0.25, 0.3) is 0 Å². The molecule has 1 unspecified atom stereocenters. The Bertz CT molecular complexity index is 453. The lowest BCUT2D eigenvalue weighted by Crippen LogP contribution is -2.40. The van der Waals surface area contributed by atoms with E-state index in [9.17, 15) is 13.2 Å². The second kappa shape index (κ2) is 4.49. The Balaban J connectivity index is 2.08. The van der Waals surface area contributed by atoms with Crippen LogP contribution in [0.2, 0.25) is 0 Å². The second-order valence-corrected chi connectivity index (χ2v) is 5.82. The van der Waals surface area contributed by atoms with Crippen LogP contribution in [0.15, 0.2) is 24.3 Å². The minimum Gasteiger partial charge on any atom is -0.353 e. The molecule has 5 heteroatoms. The normalized spacial score (nSPS) is 26.6. The summed E-state index contributed by atoms with van der Waals surface area (Å²) in [6.07, 6.45) is -3.75. The van der Waals surface area contributed by atoms with Gasteiger partial charge >= 0.3 is 6.18 Å². The van der Waals surface area contributed by atoms with E-state index in [0.29, 0.717) is 6.42 Å². The third-order valence-electron chi connectivity index (χ3n) is 3.21. The first-order chi connectivity index (χ1) is 8.60. The Kier molecular flexibility index (Phi) is 3.39. The van der Waals surface area contributed by atoms with Crippen molar-refractivity contribution in [2.24, 2.45) is 0 Å². The zero-order valence-electron chi connectivity index (χ0n) is 11.3. The summed E-state index contributed by atoms with van der Waals surface area (Å²) >= 11 is 0. The lowest BCUT2D eigenvalue weighted by Gasteiger charge is -2.27. The van der Waals surface area contributed by atoms with E-state index in [2.05, 4.69) is 5.32 Å². The molecule has 19 heavy (non-hydrogen) atoms. The third kappa shape index (κ3) is 3.48. The molecule has 1 aliphatic rings. The lowest BCUT2D eigenvalue weighted by molar-refractivity contribution is -0.137. The summed E-state index contributed by atoms with van der Waals surface area (Å²) in [6.45, 7) is 6.61. The van der Waals surface area contributed by atoms with E-state index < -0.39 is 17.5 Å². The van der Waals surface area contributed by atoms with Crippen LogP contribution in [0.25, 0.3) is 0 Å². The highest BCUT2D eigenvalue weighted by molar-refractivity contribution is 5.25. The topological polar surface area (TPSA) is 21.3 Å². The minimum atomic E-state index is -4.29. The van der Waals surface area contributed by atoms with Gasteiger partial charge in [-0.05, 0) is 38.5 Å². The van der Waals surface area contributed by atoms with Crippen LogP contribution in [0.4, 0.5) is 13.2 Å². The molecule has 1 aromatic rings. The highest BCUT2D eigenvalue weighted by atomic mass is 19.4. The summed E-state index contributed by atoms with van der Waals surface area (Å²) in [4.78, 5) is 0. The van der Waals surface area contributed by atoms with E-state index in [4.69, 9.17) is 4.74 Å². The van der Waals surface area contributed by atoms with Gasteiger partial charge in [-0.1, -0.05) is 12.1 Å². The Morgan fingerprint density at radius 3 is 2.16 bits per heavy atom. The van der Waals surface area contributed by atoms with Gasteiger partial charge in [-0.2, -0.15) is 13.2 Å². The van der Waals surface area contributed by atoms with Crippen molar-refractivity contribution in [2.45, 2.75) is 44.7 Å². The number of hydrogen-bond donors (Lipinski definition) is 1. The van der Waals surface area contributed by atoms with Crippen LogP contribution >= 0.6 is 0 Å². The number of hydrogen-bond acceptors (Lipinski definition) is 2. The Morgan fingerprint density at radius 2 is 1.74 bits per heavy atom. The first kappa shape index (κ1) is 14.3. The van der Waals surface area contributed by atoms with Crippen molar-refractivity contribution >= 4 is 0 Å². The molecular formula is C14H18F3NO. The predicted octanol–water partition coefficient (Wildman–Crippen LogP) is 3.36. The molecule has 106 valence electrons. The van der Waals surface area contributed by atoms with E-state index >= 15 is 0 Å². The summed E-state index contributed by atoms with van der Waals surface area (Å²) in [5, 5.41) is 3.27. The summed E-state index contributed by atoms with van der Waals surface area (Å²) in [6, 6.07) is 5.23. The van der Waals surface area contributed by atoms with Crippen molar-refractivity contribution in [3.63, 3.8) is 0 Å². The Morgan fingerprint density at radius 1 is 1.16 bits per heavy atom. The molecule has 0 spiro atoms. The molecule has 0 amide bonds. The molecule has 1 aromatic carbocycles. The smallest absolute Gasteiger partial charge is 0.353 e. The largest absolute Gasteiger partial charge is 0.416 e. The van der Waals surface area contributed by atoms with Crippen LogP contribution < -0.4 is 5.32 Å². The summed E-state index contributed by atoms with van der Waals surface area (Å²) < 4.78 is 43.3. The molecule has 0 radical (unpaired) electrons. The van der Waals surface area contributed by atoms with Crippen LogP contribution in [-0.2, 0) is 17.3 Å². The molecule has 1 saturated heterocycles. The third-order valence-corrected chi connectivity index (χ3v) is 3.21. The Hall–Kier alpha value is -1.07. The van der Waals surface area contributed by atoms with E-state index in [1.54, 1.807) is 0 Å². The maximum atomic E-state index is 12.5. The number of benzene rings is 1. The molecule has 2 rings (SSSR count). The molecule has 1 fully saturated rings. The molecule has 1 aliphatic heterocycles. The molecular weight excluding hydrogens is 255 g/mol. The fourth-order valence-electron chi connectivity index (χ4n) is 2.38. The van der Waals surface area contributed by atoms with Crippen LogP contribution in [0.5, 0.6) is 0 Å². The summed E-state index contributed by atoms with van der Waals surface area (Å²) in [5.74, 6) is 0. The average Bonchev–Trinajstić information content (AvgIpc) is 2.52. The average molecular weight is 273 g/mol. The van der Waals surface area contributed by atoms with Gasteiger partial charge in [0.05, 0.1) is 11.2 Å². The monoisotopic (exact) mass is 273 g/mol. The van der Waals surface area contributed by atoms with Crippen molar-refractivity contribution in [3.05, 3.63) is 35.4 Å². The molecule has 0 aromatic heterocycles. The fraction of sp³-hybridized carbons (Fsp3) is 0.571. The van der Waals surface area contributed by atoms with E-state index in [1.807, 2.05) is 20.8 Å². The highest BCUT2D eigenvalue weighted by Crippen LogP contribution is 2.31. The fourth-order valence-corrected chi connectivity index (χ4v) is 2.38. The maximum absolute atomic E-state index is 12.5. The summed E-state index contributed by atoms with van der Waals surface area (Å²) in [5.41, 5.74) is -0.577. The van der Waals surface area contributed by atoms with Gasteiger partial charge in [0, 0.05) is 13.0 Å². The van der Waals surface area contributed by atoms with Crippen LogP contribution in [0.3, 0.4) is 0 Å². The van der Waals surface area contributed by atoms with Crippen molar-refractivity contribution in [1.82, 2.24) is 5.32 Å². The zero-order chi connectivity index (χ0) is 14.3. The highest BCUT2D eigenvalue weighted by Gasteiger charge is 2.40. The molecule has 1 atom stereocenters. The molecule has 0 saturated carbocycles. The Labute approximate surface area is 111 Å². The van der Waals surface area contributed by atoms with E-state index in [0.717, 1.165) is 24.2 Å². The van der Waals surface area contributed by atoms with Crippen molar-refractivity contribution in [2.75, 3.05) is 6.54 Å². The first-order valence-electron chi connectivity index (χ1n) is 6.21. The predicted molar refractivity (Wildman–Crippen MR) is 66.7 cm³/mol.